The van der Waals surface area contributed by atoms with Gasteiger partial charge in [-0.05, 0) is 45.0 Å². The Labute approximate surface area is 132 Å². The van der Waals surface area contributed by atoms with Gasteiger partial charge in [-0.3, -0.25) is 0 Å². The first-order valence-corrected chi connectivity index (χ1v) is 7.81. The normalized spacial score (nSPS) is 13.6. The van der Waals surface area contributed by atoms with Crippen molar-refractivity contribution in [1.82, 2.24) is 5.32 Å². The van der Waals surface area contributed by atoms with Crippen LogP contribution in [0.3, 0.4) is 0 Å². The first-order chi connectivity index (χ1) is 9.65. The van der Waals surface area contributed by atoms with Crippen molar-refractivity contribution in [3.05, 3.63) is 28.2 Å². The molecule has 1 aromatic rings. The van der Waals surface area contributed by atoms with Gasteiger partial charge in [0.25, 0.3) is 0 Å². The Balaban J connectivity index is 3.04. The molecule has 0 spiro atoms. The van der Waals surface area contributed by atoms with E-state index in [-0.39, 0.29) is 12.1 Å². The van der Waals surface area contributed by atoms with Crippen molar-refractivity contribution >= 4 is 21.6 Å². The Bertz CT molecular complexity index is 461. The Morgan fingerprint density at radius 1 is 1.24 bits per heavy atom. The van der Waals surface area contributed by atoms with E-state index in [1.807, 2.05) is 19.9 Å². The molecule has 1 atom stereocenters. The minimum absolute atomic E-state index is 0.147. The lowest BCUT2D eigenvalue weighted by Gasteiger charge is -2.30. The summed E-state index contributed by atoms with van der Waals surface area (Å²) in [6.45, 7) is 7.45. The van der Waals surface area contributed by atoms with E-state index in [0.29, 0.717) is 5.69 Å². The van der Waals surface area contributed by atoms with Gasteiger partial charge in [0.15, 0.2) is 0 Å². The van der Waals surface area contributed by atoms with Crippen molar-refractivity contribution in [2.24, 2.45) is 0 Å². The smallest absolute Gasteiger partial charge is 0.360 e. The van der Waals surface area contributed by atoms with Crippen molar-refractivity contribution in [2.75, 3.05) is 18.0 Å². The highest BCUT2D eigenvalue weighted by Crippen LogP contribution is 2.31. The van der Waals surface area contributed by atoms with Gasteiger partial charge in [-0.15, -0.1) is 0 Å². The van der Waals surface area contributed by atoms with E-state index in [4.69, 9.17) is 0 Å². The molecule has 0 saturated heterocycles. The molecule has 6 heteroatoms. The van der Waals surface area contributed by atoms with Crippen LogP contribution in [0.4, 0.5) is 18.9 Å². The van der Waals surface area contributed by atoms with Crippen LogP contribution in [-0.4, -0.2) is 25.3 Å². The number of nitrogens with zero attached hydrogens (tertiary/aromatic N) is 1. The second-order valence-corrected chi connectivity index (χ2v) is 6.18. The fourth-order valence-corrected chi connectivity index (χ4v) is 2.94. The van der Waals surface area contributed by atoms with Crippen molar-refractivity contribution in [3.8, 4) is 0 Å². The number of hydrogen-bond acceptors (Lipinski definition) is 2. The zero-order chi connectivity index (χ0) is 16.2. The molecule has 0 radical (unpaired) electrons. The summed E-state index contributed by atoms with van der Waals surface area (Å²) in [5.74, 6) is 0. The fourth-order valence-electron chi connectivity index (χ4n) is 2.23. The van der Waals surface area contributed by atoms with E-state index in [9.17, 15) is 13.2 Å². The van der Waals surface area contributed by atoms with Gasteiger partial charge in [-0.25, -0.2) is 0 Å². The van der Waals surface area contributed by atoms with Crippen molar-refractivity contribution in [3.63, 3.8) is 0 Å². The molecule has 2 nitrogen and oxygen atoms in total. The quantitative estimate of drug-likeness (QED) is 0.770. The molecule has 1 rings (SSSR count). The zero-order valence-electron chi connectivity index (χ0n) is 12.8. The second kappa shape index (κ2) is 7.49. The Morgan fingerprint density at radius 3 is 2.29 bits per heavy atom. The summed E-state index contributed by atoms with van der Waals surface area (Å²) in [5.41, 5.74) is 1.61. The number of halogens is 4. The van der Waals surface area contributed by atoms with Crippen LogP contribution in [0, 0.1) is 0 Å². The maximum absolute atomic E-state index is 12.7. The molecule has 0 fully saturated rings. The molecule has 1 aromatic carbocycles. The van der Waals surface area contributed by atoms with Gasteiger partial charge in [0, 0.05) is 22.2 Å². The standard InChI is InChI=1S/C15H22BrF3N2/c1-5-20-11(4)13-7-6-12(8-14(13)16)21(10(2)3)9-15(17,18)19/h6-8,10-11,20H,5,9H2,1-4H3. The molecular formula is C15H22BrF3N2. The molecule has 0 saturated carbocycles. The molecule has 0 aromatic heterocycles. The van der Waals surface area contributed by atoms with E-state index in [1.54, 1.807) is 26.0 Å². The predicted octanol–water partition coefficient (Wildman–Crippen LogP) is 4.90. The number of nitrogens with one attached hydrogen (secondary N) is 1. The summed E-state index contributed by atoms with van der Waals surface area (Å²) in [7, 11) is 0. The fraction of sp³-hybridized carbons (Fsp3) is 0.600. The number of alkyl halides is 3. The molecule has 0 aliphatic heterocycles. The van der Waals surface area contributed by atoms with Gasteiger partial charge >= 0.3 is 6.18 Å². The molecule has 0 heterocycles. The maximum atomic E-state index is 12.7. The molecule has 0 aliphatic rings. The lowest BCUT2D eigenvalue weighted by atomic mass is 10.1. The van der Waals surface area contributed by atoms with Crippen molar-refractivity contribution in [1.29, 1.82) is 0 Å². The van der Waals surface area contributed by atoms with Gasteiger partial charge in [-0.2, -0.15) is 13.2 Å². The summed E-state index contributed by atoms with van der Waals surface area (Å²) >= 11 is 3.47. The highest BCUT2D eigenvalue weighted by molar-refractivity contribution is 9.10. The van der Waals surface area contributed by atoms with E-state index in [1.165, 1.54) is 4.90 Å². The van der Waals surface area contributed by atoms with Crippen molar-refractivity contribution < 1.29 is 13.2 Å². The summed E-state index contributed by atoms with van der Waals surface area (Å²) < 4.78 is 38.9. The maximum Gasteiger partial charge on any atom is 0.405 e. The molecule has 0 amide bonds. The van der Waals surface area contributed by atoms with Crippen LogP contribution in [-0.2, 0) is 0 Å². The Morgan fingerprint density at radius 2 is 1.86 bits per heavy atom. The van der Waals surface area contributed by atoms with Gasteiger partial charge in [0.2, 0.25) is 0 Å². The minimum Gasteiger partial charge on any atom is -0.360 e. The van der Waals surface area contributed by atoms with Crippen LogP contribution in [0.25, 0.3) is 0 Å². The Kier molecular flexibility index (Phi) is 6.53. The molecule has 0 bridgehead atoms. The number of hydrogen-bond donors (Lipinski definition) is 1. The van der Waals surface area contributed by atoms with Crippen LogP contribution in [0.2, 0.25) is 0 Å². The summed E-state index contributed by atoms with van der Waals surface area (Å²) in [4.78, 5) is 1.35. The monoisotopic (exact) mass is 366 g/mol. The molecule has 21 heavy (non-hydrogen) atoms. The molecule has 1 unspecified atom stereocenters. The number of benzene rings is 1. The van der Waals surface area contributed by atoms with Crippen LogP contribution >= 0.6 is 15.9 Å². The van der Waals surface area contributed by atoms with E-state index >= 15 is 0 Å². The SMILES string of the molecule is CCNC(C)c1ccc(N(CC(F)(F)F)C(C)C)cc1Br. The third-order valence-corrected chi connectivity index (χ3v) is 3.95. The molecule has 0 aliphatic carbocycles. The minimum atomic E-state index is -4.22. The number of rotatable bonds is 6. The third-order valence-electron chi connectivity index (χ3n) is 3.27. The van der Waals surface area contributed by atoms with Gasteiger partial charge < -0.3 is 10.2 Å². The topological polar surface area (TPSA) is 15.3 Å². The lowest BCUT2D eigenvalue weighted by molar-refractivity contribution is -0.120. The van der Waals surface area contributed by atoms with Crippen molar-refractivity contribution in [2.45, 2.75) is 46.0 Å². The summed E-state index contributed by atoms with van der Waals surface area (Å²) in [5, 5.41) is 3.29. The van der Waals surface area contributed by atoms with Crippen LogP contribution in [0.5, 0.6) is 0 Å². The summed E-state index contributed by atoms with van der Waals surface area (Å²) in [6.07, 6.45) is -4.22. The highest BCUT2D eigenvalue weighted by Gasteiger charge is 2.32. The second-order valence-electron chi connectivity index (χ2n) is 5.32. The predicted molar refractivity (Wildman–Crippen MR) is 84.8 cm³/mol. The zero-order valence-corrected chi connectivity index (χ0v) is 14.3. The van der Waals surface area contributed by atoms with Gasteiger partial charge in [0.05, 0.1) is 0 Å². The Hall–Kier alpha value is -0.750. The van der Waals surface area contributed by atoms with E-state index < -0.39 is 12.7 Å². The molecule has 120 valence electrons. The van der Waals surface area contributed by atoms with E-state index in [0.717, 1.165) is 16.6 Å². The van der Waals surface area contributed by atoms with Gasteiger partial charge in [-0.1, -0.05) is 28.9 Å². The average Bonchev–Trinajstić information content (AvgIpc) is 2.34. The van der Waals surface area contributed by atoms with E-state index in [2.05, 4.69) is 21.2 Å². The largest absolute Gasteiger partial charge is 0.405 e. The summed E-state index contributed by atoms with van der Waals surface area (Å²) in [6, 6.07) is 5.30. The first-order valence-electron chi connectivity index (χ1n) is 7.02. The first kappa shape index (κ1) is 18.3. The lowest BCUT2D eigenvalue weighted by Crippen LogP contribution is -2.39. The highest BCUT2D eigenvalue weighted by atomic mass is 79.9. The van der Waals surface area contributed by atoms with Crippen LogP contribution < -0.4 is 10.2 Å². The number of anilines is 1. The van der Waals surface area contributed by atoms with Crippen LogP contribution in [0.15, 0.2) is 22.7 Å². The van der Waals surface area contributed by atoms with Crippen LogP contribution in [0.1, 0.15) is 39.3 Å². The molecule has 1 N–H and O–H groups in total. The van der Waals surface area contributed by atoms with Gasteiger partial charge in [0.1, 0.15) is 6.54 Å². The average molecular weight is 367 g/mol. The molecular weight excluding hydrogens is 345 g/mol. The third kappa shape index (κ3) is 5.51.